The van der Waals surface area contributed by atoms with Gasteiger partial charge in [-0.05, 0) is 39.4 Å². The second kappa shape index (κ2) is 25.2. The van der Waals surface area contributed by atoms with E-state index in [4.69, 9.17) is 52.1 Å². The van der Waals surface area contributed by atoms with E-state index in [1.165, 1.54) is 0 Å². The predicted molar refractivity (Wildman–Crippen MR) is 259 cm³/mol. The first-order valence-corrected chi connectivity index (χ1v) is 23.7. The van der Waals surface area contributed by atoms with Crippen LogP contribution in [0.4, 0.5) is 0 Å². The molecule has 0 aliphatic carbocycles. The zero-order valence-electron chi connectivity index (χ0n) is 39.3. The van der Waals surface area contributed by atoms with E-state index in [0.717, 1.165) is 27.8 Å². The van der Waals surface area contributed by atoms with Crippen molar-refractivity contribution in [1.82, 2.24) is 0 Å². The van der Waals surface area contributed by atoms with Gasteiger partial charge in [-0.25, -0.2) is 4.79 Å². The second-order valence-corrected chi connectivity index (χ2v) is 17.3. The molecule has 368 valence electrons. The molecule has 15 nitrogen and oxygen atoms in total. The van der Waals surface area contributed by atoms with Crippen molar-refractivity contribution < 1.29 is 56.9 Å². The molecule has 6 aromatic carbocycles. The maximum Gasteiger partial charge on any atom is 0.338 e. The Hall–Kier alpha value is -6.30. The molecule has 3 aliphatic rings. The molecule has 0 spiro atoms. The van der Waals surface area contributed by atoms with Crippen LogP contribution in [0.3, 0.4) is 0 Å². The number of rotatable bonds is 21. The number of hydrogen-bond acceptors (Lipinski definition) is 13. The molecule has 6 aromatic rings. The SMILES string of the molecule is CO[C@H]1O[C@H](CO[C@H]2O[C@@H]3COC(c4ccccc4)O[C@H]3[C@H](OCc3ccccc3)[C@@H]2OC(=O)c2ccccc2CN=[N+]=[N-])[C@@H](OCc2ccccc2)[C@H](OCc2ccccc2)[C@H]1OCc1ccccc1. The Balaban J connectivity index is 1.05. The van der Waals surface area contributed by atoms with Crippen molar-refractivity contribution >= 4 is 5.97 Å². The van der Waals surface area contributed by atoms with Crippen molar-refractivity contribution in [2.45, 2.75) is 101 Å². The first-order valence-electron chi connectivity index (χ1n) is 23.7. The lowest BCUT2D eigenvalue weighted by atomic mass is 9.96. The highest BCUT2D eigenvalue weighted by Crippen LogP contribution is 2.39. The predicted octanol–water partition coefficient (Wildman–Crippen LogP) is 9.59. The average molecular weight is 964 g/mol. The first-order chi connectivity index (χ1) is 35.0. The minimum atomic E-state index is -1.26. The molecule has 0 saturated carbocycles. The summed E-state index contributed by atoms with van der Waals surface area (Å²) < 4.78 is 73.1. The average Bonchev–Trinajstić information content (AvgIpc) is 3.43. The van der Waals surface area contributed by atoms with Crippen LogP contribution in [0.5, 0.6) is 0 Å². The summed E-state index contributed by atoms with van der Waals surface area (Å²) in [6, 6.07) is 55.6. The molecular formula is C56H57N3O12. The van der Waals surface area contributed by atoms with E-state index in [-0.39, 0.29) is 51.7 Å². The van der Waals surface area contributed by atoms with Crippen LogP contribution in [0.1, 0.15) is 50.0 Å². The molecule has 3 aliphatic heterocycles. The molecule has 0 amide bonds. The van der Waals surface area contributed by atoms with Gasteiger partial charge in [0.25, 0.3) is 0 Å². The lowest BCUT2D eigenvalue weighted by Gasteiger charge is -2.49. The number of benzene rings is 6. The third kappa shape index (κ3) is 13.0. The monoisotopic (exact) mass is 963 g/mol. The summed E-state index contributed by atoms with van der Waals surface area (Å²) in [7, 11) is 1.56. The topological polar surface area (TPSA) is 167 Å². The van der Waals surface area contributed by atoms with Crippen molar-refractivity contribution in [2.75, 3.05) is 20.3 Å². The lowest BCUT2D eigenvalue weighted by molar-refractivity contribution is -0.374. The van der Waals surface area contributed by atoms with E-state index < -0.39 is 73.7 Å². The van der Waals surface area contributed by atoms with Gasteiger partial charge >= 0.3 is 5.97 Å². The van der Waals surface area contributed by atoms with Gasteiger partial charge in [0.2, 0.25) is 0 Å². The lowest BCUT2D eigenvalue weighted by Crippen LogP contribution is -2.65. The van der Waals surface area contributed by atoms with Gasteiger partial charge in [-0.15, -0.1) is 0 Å². The summed E-state index contributed by atoms with van der Waals surface area (Å²) in [5.41, 5.74) is 14.4. The number of methoxy groups -OCH3 is 1. The summed E-state index contributed by atoms with van der Waals surface area (Å²) in [4.78, 5) is 17.4. The smallest absolute Gasteiger partial charge is 0.338 e. The standard InChI is InChI=1S/C56H57N3O12/c1-61-55-51(65-35-41-25-13-5-14-26-41)49(63-33-39-21-9-3-10-22-39)47(62-32-38-19-7-2-8-20-38)45(68-55)36-67-56-52(70-53(60)44-30-18-17-29-43(44)31-58-59-57)50(64-34-40-23-11-4-12-24-40)48-46(69-56)37-66-54(71-48)42-27-15-6-16-28-42/h2-30,45-52,54-56H,31-37H2,1H3/t45-,46-,47-,48-,49+,50+,51-,52+,54?,55+,56+/m1/s1. The fraction of sp³-hybridized carbons (Fsp3) is 0.339. The summed E-state index contributed by atoms with van der Waals surface area (Å²) >= 11 is 0. The quantitative estimate of drug-likeness (QED) is 0.0291. The number of carbonyl (C=O) groups excluding carboxylic acids is 1. The number of carbonyl (C=O) groups is 1. The molecule has 71 heavy (non-hydrogen) atoms. The van der Waals surface area contributed by atoms with E-state index in [1.807, 2.05) is 152 Å². The molecule has 0 aromatic heterocycles. The second-order valence-electron chi connectivity index (χ2n) is 17.3. The number of ether oxygens (including phenoxy) is 11. The highest BCUT2D eigenvalue weighted by molar-refractivity contribution is 5.91. The zero-order valence-corrected chi connectivity index (χ0v) is 39.3. The Morgan fingerprint density at radius 3 is 1.63 bits per heavy atom. The van der Waals surface area contributed by atoms with Gasteiger partial charge in [0, 0.05) is 17.6 Å². The van der Waals surface area contributed by atoms with Crippen molar-refractivity contribution in [1.29, 1.82) is 0 Å². The number of fused-ring (bicyclic) bond motifs is 1. The van der Waals surface area contributed by atoms with Crippen LogP contribution in [0.2, 0.25) is 0 Å². The highest BCUT2D eigenvalue weighted by Gasteiger charge is 2.55. The Morgan fingerprint density at radius 2 is 1.07 bits per heavy atom. The van der Waals surface area contributed by atoms with E-state index in [2.05, 4.69) is 10.0 Å². The zero-order chi connectivity index (χ0) is 48.6. The van der Waals surface area contributed by atoms with Crippen LogP contribution in [-0.4, -0.2) is 87.7 Å². The molecule has 3 fully saturated rings. The first kappa shape index (κ1) is 49.7. The fourth-order valence-electron chi connectivity index (χ4n) is 8.95. The molecule has 3 heterocycles. The van der Waals surface area contributed by atoms with Crippen LogP contribution in [0.15, 0.2) is 181 Å². The molecule has 3 saturated heterocycles. The normalized spacial score (nSPS) is 26.1. The third-order valence-electron chi connectivity index (χ3n) is 12.5. The number of azide groups is 1. The largest absolute Gasteiger partial charge is 0.450 e. The Kier molecular flexibility index (Phi) is 17.6. The van der Waals surface area contributed by atoms with Crippen molar-refractivity contribution in [2.24, 2.45) is 5.11 Å². The molecule has 0 bridgehead atoms. The molecule has 0 N–H and O–H groups in total. The molecule has 0 radical (unpaired) electrons. The summed E-state index contributed by atoms with van der Waals surface area (Å²) in [5.74, 6) is -0.709. The Morgan fingerprint density at radius 1 is 0.563 bits per heavy atom. The van der Waals surface area contributed by atoms with Gasteiger partial charge < -0.3 is 52.1 Å². The van der Waals surface area contributed by atoms with Gasteiger partial charge in [0.1, 0.15) is 42.7 Å². The van der Waals surface area contributed by atoms with Crippen molar-refractivity contribution in [3.8, 4) is 0 Å². The van der Waals surface area contributed by atoms with Gasteiger partial charge in [0.05, 0.1) is 51.7 Å². The Labute approximate surface area is 413 Å². The number of esters is 1. The minimum absolute atomic E-state index is 0.0751. The van der Waals surface area contributed by atoms with Gasteiger partial charge in [-0.2, -0.15) is 0 Å². The summed E-state index contributed by atoms with van der Waals surface area (Å²) in [6.07, 6.45) is -9.82. The van der Waals surface area contributed by atoms with Crippen molar-refractivity contribution in [3.05, 3.63) is 225 Å². The van der Waals surface area contributed by atoms with E-state index in [1.54, 1.807) is 31.4 Å². The highest BCUT2D eigenvalue weighted by atomic mass is 16.8. The van der Waals surface area contributed by atoms with Crippen LogP contribution in [0.25, 0.3) is 10.4 Å². The Bertz CT molecular complexity index is 2600. The van der Waals surface area contributed by atoms with E-state index in [9.17, 15) is 10.3 Å². The molecule has 1 unspecified atom stereocenters. The van der Waals surface area contributed by atoms with Crippen LogP contribution < -0.4 is 0 Å². The van der Waals surface area contributed by atoms with Gasteiger partial charge in [-0.3, -0.25) is 0 Å². The van der Waals surface area contributed by atoms with E-state index >= 15 is 0 Å². The molecule has 15 heteroatoms. The summed E-state index contributed by atoms with van der Waals surface area (Å²) in [5, 5.41) is 3.73. The van der Waals surface area contributed by atoms with Crippen LogP contribution in [-0.2, 0) is 85.1 Å². The van der Waals surface area contributed by atoms with Gasteiger partial charge in [-0.1, -0.05) is 175 Å². The maximum atomic E-state index is 14.5. The fourth-order valence-corrected chi connectivity index (χ4v) is 8.95. The molecular weight excluding hydrogens is 907 g/mol. The summed E-state index contributed by atoms with van der Waals surface area (Å²) in [6.45, 7) is 0.729. The van der Waals surface area contributed by atoms with Crippen LogP contribution in [0, 0.1) is 0 Å². The van der Waals surface area contributed by atoms with E-state index in [0.29, 0.717) is 5.56 Å². The maximum absolute atomic E-state index is 14.5. The number of nitrogens with zero attached hydrogens (tertiary/aromatic N) is 3. The third-order valence-corrected chi connectivity index (χ3v) is 12.5. The number of hydrogen-bond donors (Lipinski definition) is 0. The van der Waals surface area contributed by atoms with Crippen molar-refractivity contribution in [3.63, 3.8) is 0 Å². The molecule has 11 atom stereocenters. The minimum Gasteiger partial charge on any atom is -0.450 e. The van der Waals surface area contributed by atoms with Crippen LogP contribution >= 0.6 is 0 Å². The van der Waals surface area contributed by atoms with Gasteiger partial charge in [0.15, 0.2) is 25.0 Å². The molecule has 9 rings (SSSR count).